The third-order valence-corrected chi connectivity index (χ3v) is 9.45. The van der Waals surface area contributed by atoms with Gasteiger partial charge in [0.1, 0.15) is 6.04 Å². The monoisotopic (exact) mass is 588 g/mol. The van der Waals surface area contributed by atoms with Crippen molar-refractivity contribution in [2.75, 3.05) is 18.4 Å². The normalized spacial score (nSPS) is 22.7. The van der Waals surface area contributed by atoms with Crippen LogP contribution in [0.5, 0.6) is 0 Å². The van der Waals surface area contributed by atoms with E-state index in [4.69, 9.17) is 11.6 Å². The van der Waals surface area contributed by atoms with Crippen molar-refractivity contribution >= 4 is 46.5 Å². The molecule has 2 saturated heterocycles. The lowest BCUT2D eigenvalue weighted by Crippen LogP contribution is -2.52. The molecule has 3 aliphatic heterocycles. The zero-order chi connectivity index (χ0) is 29.6. The number of fused-ring (bicyclic) bond motifs is 1. The predicted molar refractivity (Wildman–Crippen MR) is 162 cm³/mol. The van der Waals surface area contributed by atoms with Gasteiger partial charge in [-0.3, -0.25) is 24.5 Å². The van der Waals surface area contributed by atoms with E-state index in [-0.39, 0.29) is 35.6 Å². The summed E-state index contributed by atoms with van der Waals surface area (Å²) in [7, 11) is 0. The number of hydrogen-bond acceptors (Lipinski definition) is 5. The second-order valence-electron chi connectivity index (χ2n) is 12.8. The molecule has 42 heavy (non-hydrogen) atoms. The largest absolute Gasteiger partial charge is 0.382 e. The SMILES string of the molecule is CC1(C)CCC(C(=O)N2CCC(Nc3ccc4c(c3)CN(C3CCC(=O)NC3=O)C4=O)CC2)=C(c2ccc(Cl)cc2)C1. The molecule has 2 N–H and O–H groups in total. The van der Waals surface area contributed by atoms with Gasteiger partial charge in [0.2, 0.25) is 17.7 Å². The molecule has 0 bridgehead atoms. The van der Waals surface area contributed by atoms with Crippen molar-refractivity contribution in [1.29, 1.82) is 0 Å². The number of anilines is 1. The first-order valence-corrected chi connectivity index (χ1v) is 15.3. The molecule has 6 rings (SSSR count). The van der Waals surface area contributed by atoms with E-state index in [1.165, 1.54) is 0 Å². The van der Waals surface area contributed by atoms with Crippen LogP contribution in [-0.4, -0.2) is 58.6 Å². The minimum Gasteiger partial charge on any atom is -0.382 e. The maximum atomic E-state index is 13.8. The van der Waals surface area contributed by atoms with E-state index >= 15 is 0 Å². The smallest absolute Gasteiger partial charge is 0.255 e. The minimum absolute atomic E-state index is 0.148. The highest BCUT2D eigenvalue weighted by Gasteiger charge is 2.39. The van der Waals surface area contributed by atoms with Gasteiger partial charge in [0.25, 0.3) is 5.91 Å². The number of rotatable bonds is 5. The van der Waals surface area contributed by atoms with Crippen molar-refractivity contribution in [3.63, 3.8) is 0 Å². The summed E-state index contributed by atoms with van der Waals surface area (Å²) in [6.07, 6.45) is 4.90. The molecule has 1 unspecified atom stereocenters. The Morgan fingerprint density at radius 3 is 2.45 bits per heavy atom. The van der Waals surface area contributed by atoms with Crippen molar-refractivity contribution < 1.29 is 19.2 Å². The van der Waals surface area contributed by atoms with Crippen molar-refractivity contribution in [3.05, 3.63) is 69.8 Å². The lowest BCUT2D eigenvalue weighted by atomic mass is 9.72. The quantitative estimate of drug-likeness (QED) is 0.470. The van der Waals surface area contributed by atoms with E-state index in [1.54, 1.807) is 4.90 Å². The highest BCUT2D eigenvalue weighted by Crippen LogP contribution is 2.44. The molecule has 0 saturated carbocycles. The Labute approximate surface area is 251 Å². The van der Waals surface area contributed by atoms with Gasteiger partial charge in [0, 0.05) is 53.9 Å². The highest BCUT2D eigenvalue weighted by atomic mass is 35.5. The molecule has 2 aromatic carbocycles. The zero-order valence-corrected chi connectivity index (χ0v) is 24.9. The number of benzene rings is 2. The average Bonchev–Trinajstić information content (AvgIpc) is 3.28. The van der Waals surface area contributed by atoms with Crippen LogP contribution in [0.3, 0.4) is 0 Å². The van der Waals surface area contributed by atoms with Crippen molar-refractivity contribution in [3.8, 4) is 0 Å². The molecule has 4 amide bonds. The van der Waals surface area contributed by atoms with Gasteiger partial charge in [-0.05, 0) is 91.0 Å². The van der Waals surface area contributed by atoms with E-state index < -0.39 is 11.9 Å². The lowest BCUT2D eigenvalue weighted by molar-refractivity contribution is -0.137. The van der Waals surface area contributed by atoms with Gasteiger partial charge in [0.15, 0.2) is 0 Å². The zero-order valence-electron chi connectivity index (χ0n) is 24.2. The predicted octanol–water partition coefficient (Wildman–Crippen LogP) is 5.17. The Balaban J connectivity index is 1.09. The highest BCUT2D eigenvalue weighted by molar-refractivity contribution is 6.30. The van der Waals surface area contributed by atoms with Crippen LogP contribution in [0.15, 0.2) is 48.0 Å². The summed E-state index contributed by atoms with van der Waals surface area (Å²) in [6, 6.07) is 13.2. The molecule has 220 valence electrons. The van der Waals surface area contributed by atoms with E-state index in [0.717, 1.165) is 60.1 Å². The van der Waals surface area contributed by atoms with Gasteiger partial charge >= 0.3 is 0 Å². The van der Waals surface area contributed by atoms with Gasteiger partial charge in [0.05, 0.1) is 0 Å². The minimum atomic E-state index is -0.619. The Hall–Kier alpha value is -3.65. The number of imide groups is 1. The third-order valence-electron chi connectivity index (χ3n) is 9.20. The number of piperidine rings is 2. The van der Waals surface area contributed by atoms with Gasteiger partial charge in [-0.2, -0.15) is 0 Å². The van der Waals surface area contributed by atoms with Crippen LogP contribution in [0, 0.1) is 5.41 Å². The van der Waals surface area contributed by atoms with Gasteiger partial charge < -0.3 is 15.1 Å². The van der Waals surface area contributed by atoms with Gasteiger partial charge in [-0.1, -0.05) is 37.6 Å². The lowest BCUT2D eigenvalue weighted by Gasteiger charge is -2.37. The fourth-order valence-corrected chi connectivity index (χ4v) is 6.89. The molecule has 0 spiro atoms. The van der Waals surface area contributed by atoms with Crippen molar-refractivity contribution in [2.24, 2.45) is 5.41 Å². The van der Waals surface area contributed by atoms with E-state index in [2.05, 4.69) is 24.5 Å². The molecule has 2 fully saturated rings. The summed E-state index contributed by atoms with van der Waals surface area (Å²) in [5, 5.41) is 6.65. The fourth-order valence-electron chi connectivity index (χ4n) is 6.77. The molecular weight excluding hydrogens is 552 g/mol. The molecule has 9 heteroatoms. The fraction of sp³-hybridized carbons (Fsp3) is 0.455. The second-order valence-corrected chi connectivity index (χ2v) is 13.2. The number of allylic oxidation sites excluding steroid dienone is 1. The van der Waals surface area contributed by atoms with E-state index in [1.807, 2.05) is 47.4 Å². The first kappa shape index (κ1) is 28.5. The Bertz CT molecular complexity index is 1470. The molecular formula is C33H37ClN4O4. The first-order chi connectivity index (χ1) is 20.1. The van der Waals surface area contributed by atoms with Crippen LogP contribution in [0.4, 0.5) is 5.69 Å². The number of hydrogen-bond donors (Lipinski definition) is 2. The van der Waals surface area contributed by atoms with Crippen LogP contribution in [0.2, 0.25) is 5.02 Å². The van der Waals surface area contributed by atoms with Crippen molar-refractivity contribution in [2.45, 2.75) is 77.4 Å². The van der Waals surface area contributed by atoms with E-state index in [0.29, 0.717) is 36.6 Å². The van der Waals surface area contributed by atoms with Crippen LogP contribution >= 0.6 is 11.6 Å². The van der Waals surface area contributed by atoms with Gasteiger partial charge in [-0.25, -0.2) is 0 Å². The maximum Gasteiger partial charge on any atom is 0.255 e. The summed E-state index contributed by atoms with van der Waals surface area (Å²) in [5.41, 5.74) is 5.72. The topological polar surface area (TPSA) is 98.8 Å². The maximum absolute atomic E-state index is 13.8. The molecule has 3 heterocycles. The van der Waals surface area contributed by atoms with Crippen molar-refractivity contribution in [1.82, 2.24) is 15.1 Å². The van der Waals surface area contributed by atoms with Crippen LogP contribution < -0.4 is 10.6 Å². The number of carbonyl (C=O) groups is 4. The molecule has 4 aliphatic rings. The molecule has 8 nitrogen and oxygen atoms in total. The number of nitrogens with zero attached hydrogens (tertiary/aromatic N) is 2. The Morgan fingerprint density at radius 2 is 1.74 bits per heavy atom. The third kappa shape index (κ3) is 5.69. The number of likely N-dealkylation sites (tertiary alicyclic amines) is 1. The van der Waals surface area contributed by atoms with Crippen LogP contribution in [0.25, 0.3) is 5.57 Å². The summed E-state index contributed by atoms with van der Waals surface area (Å²) in [6.45, 7) is 6.25. The number of amides is 4. The number of carbonyl (C=O) groups excluding carboxylic acids is 4. The summed E-state index contributed by atoms with van der Waals surface area (Å²) < 4.78 is 0. The average molecular weight is 589 g/mol. The summed E-state index contributed by atoms with van der Waals surface area (Å²) >= 11 is 6.14. The van der Waals surface area contributed by atoms with Crippen LogP contribution in [0.1, 0.15) is 80.3 Å². The molecule has 1 aliphatic carbocycles. The second kappa shape index (κ2) is 11.2. The number of halogens is 1. The Morgan fingerprint density at radius 1 is 1.00 bits per heavy atom. The first-order valence-electron chi connectivity index (χ1n) is 14.9. The van der Waals surface area contributed by atoms with Gasteiger partial charge in [-0.15, -0.1) is 0 Å². The summed E-state index contributed by atoms with van der Waals surface area (Å²) in [4.78, 5) is 54.3. The standard InChI is InChI=1S/C33H37ClN4O4/c1-33(2)14-11-26(27(18-33)20-3-5-22(34)6-4-20)31(41)37-15-12-23(13-16-37)35-24-7-8-25-21(17-24)19-38(32(25)42)28-9-10-29(39)36-30(28)40/h3-8,17,23,28,35H,9-16,18-19H2,1-2H3,(H,36,39,40). The number of nitrogens with one attached hydrogen (secondary N) is 2. The molecule has 0 aromatic heterocycles. The van der Waals surface area contributed by atoms with Crippen LogP contribution in [-0.2, 0) is 20.9 Å². The Kier molecular flexibility index (Phi) is 7.60. The van der Waals surface area contributed by atoms with E-state index in [9.17, 15) is 19.2 Å². The molecule has 1 atom stereocenters. The molecule has 0 radical (unpaired) electrons. The molecule has 2 aromatic rings. The summed E-state index contributed by atoms with van der Waals surface area (Å²) in [5.74, 6) is -0.712.